The van der Waals surface area contributed by atoms with Crippen LogP contribution in [0.4, 0.5) is 5.69 Å². The summed E-state index contributed by atoms with van der Waals surface area (Å²) in [6.07, 6.45) is 0. The lowest BCUT2D eigenvalue weighted by Crippen LogP contribution is -2.23. The van der Waals surface area contributed by atoms with Gasteiger partial charge in [0.25, 0.3) is 0 Å². The summed E-state index contributed by atoms with van der Waals surface area (Å²) < 4.78 is 5.14. The van der Waals surface area contributed by atoms with Crippen molar-refractivity contribution < 1.29 is 9.53 Å². The Morgan fingerprint density at radius 3 is 2.44 bits per heavy atom. The van der Waals surface area contributed by atoms with Crippen LogP contribution in [-0.2, 0) is 9.53 Å². The lowest BCUT2D eigenvalue weighted by molar-refractivity contribution is -0.136. The Labute approximate surface area is 107 Å². The van der Waals surface area contributed by atoms with Crippen LogP contribution in [0.15, 0.2) is 41.6 Å². The van der Waals surface area contributed by atoms with E-state index in [0.29, 0.717) is 13.2 Å². The summed E-state index contributed by atoms with van der Waals surface area (Å²) >= 11 is 0. The molecule has 1 aliphatic rings. The lowest BCUT2D eigenvalue weighted by Gasteiger charge is -2.21. The van der Waals surface area contributed by atoms with Crippen molar-refractivity contribution in [3.8, 4) is 0 Å². The molecular formula is C14H18N2O2. The molecule has 1 aromatic rings. The lowest BCUT2D eigenvalue weighted by atomic mass is 10.2. The first-order valence-electron chi connectivity index (χ1n) is 5.92. The molecule has 0 N–H and O–H groups in total. The van der Waals surface area contributed by atoms with Crippen LogP contribution >= 0.6 is 0 Å². The van der Waals surface area contributed by atoms with E-state index in [2.05, 4.69) is 0 Å². The third-order valence-corrected chi connectivity index (χ3v) is 2.96. The predicted molar refractivity (Wildman–Crippen MR) is 71.4 cm³/mol. The summed E-state index contributed by atoms with van der Waals surface area (Å²) in [4.78, 5) is 15.7. The van der Waals surface area contributed by atoms with Crippen LogP contribution in [0.5, 0.6) is 0 Å². The van der Waals surface area contributed by atoms with Gasteiger partial charge in [-0.05, 0) is 26.2 Å². The van der Waals surface area contributed by atoms with Gasteiger partial charge in [0.2, 0.25) is 0 Å². The van der Waals surface area contributed by atoms with E-state index in [1.165, 1.54) is 0 Å². The minimum atomic E-state index is -0.207. The molecule has 0 aromatic heterocycles. The van der Waals surface area contributed by atoms with Crippen molar-refractivity contribution in [1.82, 2.24) is 4.90 Å². The number of anilines is 1. The van der Waals surface area contributed by atoms with E-state index in [4.69, 9.17) is 4.74 Å². The molecule has 1 heterocycles. The van der Waals surface area contributed by atoms with Gasteiger partial charge in [0.05, 0.1) is 11.3 Å². The van der Waals surface area contributed by atoms with Crippen LogP contribution in [0, 0.1) is 0 Å². The molecule has 0 amide bonds. The largest absolute Gasteiger partial charge is 0.456 e. The van der Waals surface area contributed by atoms with Gasteiger partial charge in [0, 0.05) is 19.3 Å². The molecule has 2 rings (SSSR count). The van der Waals surface area contributed by atoms with Crippen LogP contribution < -0.4 is 4.90 Å². The minimum Gasteiger partial charge on any atom is -0.456 e. The third kappa shape index (κ3) is 2.54. The van der Waals surface area contributed by atoms with Gasteiger partial charge in [-0.15, -0.1) is 0 Å². The van der Waals surface area contributed by atoms with Crippen LogP contribution in [0.3, 0.4) is 0 Å². The molecule has 0 radical (unpaired) electrons. The smallest absolute Gasteiger partial charge is 0.337 e. The van der Waals surface area contributed by atoms with Crippen molar-refractivity contribution in [1.29, 1.82) is 0 Å². The highest BCUT2D eigenvalue weighted by Gasteiger charge is 2.27. The van der Waals surface area contributed by atoms with Gasteiger partial charge in [-0.2, -0.15) is 0 Å². The fraction of sp³-hybridized carbons (Fsp3) is 0.357. The molecule has 1 aliphatic heterocycles. The number of nitrogens with zero attached hydrogens (tertiary/aromatic N) is 2. The second-order valence-corrected chi connectivity index (χ2v) is 4.63. The number of rotatable bonds is 4. The van der Waals surface area contributed by atoms with Crippen molar-refractivity contribution in [2.24, 2.45) is 0 Å². The first kappa shape index (κ1) is 12.6. The highest BCUT2D eigenvalue weighted by atomic mass is 16.5. The van der Waals surface area contributed by atoms with Gasteiger partial charge in [-0.1, -0.05) is 18.2 Å². The molecule has 0 unspecified atom stereocenters. The first-order chi connectivity index (χ1) is 8.59. The zero-order valence-electron chi connectivity index (χ0n) is 11.0. The molecule has 0 saturated carbocycles. The summed E-state index contributed by atoms with van der Waals surface area (Å²) in [5, 5.41) is 0. The number of esters is 1. The minimum absolute atomic E-state index is 0.207. The predicted octanol–water partition coefficient (Wildman–Crippen LogP) is 1.50. The highest BCUT2D eigenvalue weighted by Crippen LogP contribution is 2.24. The van der Waals surface area contributed by atoms with Crippen molar-refractivity contribution in [3.63, 3.8) is 0 Å². The fourth-order valence-electron chi connectivity index (χ4n) is 2.00. The number of hydrogen-bond acceptors (Lipinski definition) is 4. The number of benzene rings is 1. The molecule has 96 valence electrons. The van der Waals surface area contributed by atoms with E-state index >= 15 is 0 Å². The van der Waals surface area contributed by atoms with Gasteiger partial charge in [0.1, 0.15) is 6.61 Å². The van der Waals surface area contributed by atoms with Gasteiger partial charge in [-0.25, -0.2) is 4.79 Å². The maximum atomic E-state index is 11.7. The third-order valence-electron chi connectivity index (χ3n) is 2.96. The molecule has 0 aliphatic carbocycles. The number of para-hydroxylation sites is 1. The molecular weight excluding hydrogens is 228 g/mol. The quantitative estimate of drug-likeness (QED) is 0.754. The number of carbonyl (C=O) groups excluding carboxylic acids is 1. The molecule has 0 saturated heterocycles. The molecule has 0 atom stereocenters. The van der Waals surface area contributed by atoms with Crippen molar-refractivity contribution in [3.05, 3.63) is 41.6 Å². The molecule has 4 heteroatoms. The van der Waals surface area contributed by atoms with E-state index in [1.54, 1.807) is 0 Å². The van der Waals surface area contributed by atoms with Crippen LogP contribution in [-0.4, -0.2) is 45.2 Å². The zero-order valence-corrected chi connectivity index (χ0v) is 11.0. The topological polar surface area (TPSA) is 32.8 Å². The Morgan fingerprint density at radius 1 is 1.17 bits per heavy atom. The first-order valence-corrected chi connectivity index (χ1v) is 5.92. The monoisotopic (exact) mass is 246 g/mol. The fourth-order valence-corrected chi connectivity index (χ4v) is 2.00. The van der Waals surface area contributed by atoms with E-state index in [1.807, 2.05) is 61.3 Å². The van der Waals surface area contributed by atoms with Crippen molar-refractivity contribution in [2.75, 3.05) is 39.2 Å². The summed E-state index contributed by atoms with van der Waals surface area (Å²) in [6.45, 7) is 0.957. The number of carbonyl (C=O) groups is 1. The van der Waals surface area contributed by atoms with Crippen LogP contribution in [0.2, 0.25) is 0 Å². The number of likely N-dealkylation sites (N-methyl/N-ethyl adjacent to an activating group) is 2. The maximum Gasteiger partial charge on any atom is 0.337 e. The van der Waals surface area contributed by atoms with Gasteiger partial charge in [0.15, 0.2) is 0 Å². The van der Waals surface area contributed by atoms with E-state index in [0.717, 1.165) is 17.0 Å². The summed E-state index contributed by atoms with van der Waals surface area (Å²) in [5.74, 6) is -0.207. The van der Waals surface area contributed by atoms with Gasteiger partial charge >= 0.3 is 5.97 Å². The molecule has 18 heavy (non-hydrogen) atoms. The second kappa shape index (κ2) is 5.23. The SMILES string of the molecule is CN(C)CC1=C(N(C)c2ccccc2)COC1=O. The van der Waals surface area contributed by atoms with Gasteiger partial charge in [-0.3, -0.25) is 0 Å². The van der Waals surface area contributed by atoms with Gasteiger partial charge < -0.3 is 14.5 Å². The number of hydrogen-bond donors (Lipinski definition) is 0. The Hall–Kier alpha value is -1.81. The van der Waals surface area contributed by atoms with Crippen molar-refractivity contribution in [2.45, 2.75) is 0 Å². The average Bonchev–Trinajstić information content (AvgIpc) is 2.71. The van der Waals surface area contributed by atoms with Crippen molar-refractivity contribution >= 4 is 11.7 Å². The Bertz CT molecular complexity index is 466. The molecule has 0 bridgehead atoms. The Balaban J connectivity index is 2.30. The summed E-state index contributed by atoms with van der Waals surface area (Å²) in [5.41, 5.74) is 2.74. The normalized spacial score (nSPS) is 15.2. The summed E-state index contributed by atoms with van der Waals surface area (Å²) in [7, 11) is 5.85. The van der Waals surface area contributed by atoms with E-state index in [-0.39, 0.29) is 5.97 Å². The highest BCUT2D eigenvalue weighted by molar-refractivity contribution is 5.93. The second-order valence-electron chi connectivity index (χ2n) is 4.63. The van der Waals surface area contributed by atoms with E-state index < -0.39 is 0 Å². The summed E-state index contributed by atoms with van der Waals surface area (Å²) in [6, 6.07) is 9.97. The molecule has 1 aromatic carbocycles. The zero-order chi connectivity index (χ0) is 13.1. The average molecular weight is 246 g/mol. The molecule has 4 nitrogen and oxygen atoms in total. The Kier molecular flexibility index (Phi) is 3.67. The standard InChI is InChI=1S/C14H18N2O2/c1-15(2)9-12-13(10-18-14(12)17)16(3)11-7-5-4-6-8-11/h4-8H,9-10H2,1-3H3. The van der Waals surface area contributed by atoms with Crippen LogP contribution in [0.25, 0.3) is 0 Å². The molecule has 0 fully saturated rings. The number of cyclic esters (lactones) is 1. The maximum absolute atomic E-state index is 11.7. The van der Waals surface area contributed by atoms with E-state index in [9.17, 15) is 4.79 Å². The molecule has 0 spiro atoms. The Morgan fingerprint density at radius 2 is 1.83 bits per heavy atom. The van der Waals surface area contributed by atoms with Crippen LogP contribution in [0.1, 0.15) is 0 Å². The number of ether oxygens (including phenoxy) is 1.